The zero-order chi connectivity index (χ0) is 15.6. The van der Waals surface area contributed by atoms with Gasteiger partial charge in [0.05, 0.1) is 11.1 Å². The average Bonchev–Trinajstić information content (AvgIpc) is 2.82. The number of carboxylic acids is 1. The van der Waals surface area contributed by atoms with Gasteiger partial charge in [-0.25, -0.2) is 14.0 Å². The summed E-state index contributed by atoms with van der Waals surface area (Å²) >= 11 is 5.63. The summed E-state index contributed by atoms with van der Waals surface area (Å²) in [5.74, 6) is -1.72. The molecule has 6 nitrogen and oxygen atoms in total. The van der Waals surface area contributed by atoms with Gasteiger partial charge in [-0.15, -0.1) is 0 Å². The van der Waals surface area contributed by atoms with Crippen molar-refractivity contribution in [3.05, 3.63) is 34.6 Å². The first-order chi connectivity index (χ1) is 9.88. The third-order valence-corrected chi connectivity index (χ3v) is 3.54. The van der Waals surface area contributed by atoms with Crippen LogP contribution < -0.4 is 5.32 Å². The number of aliphatic hydroxyl groups is 1. The van der Waals surface area contributed by atoms with Gasteiger partial charge in [0.15, 0.2) is 0 Å². The number of benzene rings is 1. The fourth-order valence-corrected chi connectivity index (χ4v) is 2.40. The van der Waals surface area contributed by atoms with Crippen molar-refractivity contribution in [2.45, 2.75) is 25.1 Å². The van der Waals surface area contributed by atoms with Crippen LogP contribution in [0.3, 0.4) is 0 Å². The Morgan fingerprint density at radius 1 is 1.48 bits per heavy atom. The molecule has 2 rings (SSSR count). The first kappa shape index (κ1) is 15.5. The maximum absolute atomic E-state index is 13.0. The van der Waals surface area contributed by atoms with Crippen molar-refractivity contribution in [3.63, 3.8) is 0 Å². The van der Waals surface area contributed by atoms with Crippen molar-refractivity contribution >= 4 is 23.6 Å². The minimum atomic E-state index is -1.16. The molecular formula is C13H14ClFN2O4. The van der Waals surface area contributed by atoms with Crippen molar-refractivity contribution < 1.29 is 24.2 Å². The Balaban J connectivity index is 1.97. The number of carbonyl (C=O) groups is 2. The molecule has 2 atom stereocenters. The predicted octanol–water partition coefficient (Wildman–Crippen LogP) is 1.21. The smallest absolute Gasteiger partial charge is 0.326 e. The van der Waals surface area contributed by atoms with Crippen LogP contribution in [0, 0.1) is 5.82 Å². The molecule has 1 aromatic carbocycles. The monoisotopic (exact) mass is 316 g/mol. The maximum Gasteiger partial charge on any atom is 0.326 e. The molecule has 2 amide bonds. The van der Waals surface area contributed by atoms with Crippen LogP contribution in [0.5, 0.6) is 0 Å². The van der Waals surface area contributed by atoms with Crippen LogP contribution in [-0.2, 0) is 11.3 Å². The molecular weight excluding hydrogens is 303 g/mol. The van der Waals surface area contributed by atoms with E-state index in [1.165, 1.54) is 18.2 Å². The summed E-state index contributed by atoms with van der Waals surface area (Å²) in [6.07, 6.45) is -0.845. The van der Waals surface area contributed by atoms with Crippen LogP contribution in [0.15, 0.2) is 18.2 Å². The number of halogens is 2. The molecule has 1 aliphatic heterocycles. The van der Waals surface area contributed by atoms with Gasteiger partial charge in [-0.2, -0.15) is 0 Å². The molecule has 21 heavy (non-hydrogen) atoms. The Morgan fingerprint density at radius 3 is 2.81 bits per heavy atom. The van der Waals surface area contributed by atoms with Crippen molar-refractivity contribution in [1.29, 1.82) is 0 Å². The van der Waals surface area contributed by atoms with E-state index in [9.17, 15) is 19.1 Å². The summed E-state index contributed by atoms with van der Waals surface area (Å²) in [5, 5.41) is 21.0. The lowest BCUT2D eigenvalue weighted by Gasteiger charge is -2.21. The second kappa shape index (κ2) is 6.28. The van der Waals surface area contributed by atoms with Crippen LogP contribution in [0.2, 0.25) is 5.02 Å². The highest BCUT2D eigenvalue weighted by atomic mass is 35.5. The van der Waals surface area contributed by atoms with Gasteiger partial charge in [-0.05, 0) is 17.7 Å². The van der Waals surface area contributed by atoms with E-state index < -0.39 is 30.0 Å². The van der Waals surface area contributed by atoms with Crippen molar-refractivity contribution in [2.75, 3.05) is 6.54 Å². The number of rotatable bonds is 3. The van der Waals surface area contributed by atoms with Crippen LogP contribution in [0.1, 0.15) is 12.0 Å². The van der Waals surface area contributed by atoms with Crippen molar-refractivity contribution in [2.24, 2.45) is 0 Å². The zero-order valence-corrected chi connectivity index (χ0v) is 11.7. The van der Waals surface area contributed by atoms with Crippen LogP contribution >= 0.6 is 11.6 Å². The number of carboxylic acid groups (broad SMARTS) is 1. The Kier molecular flexibility index (Phi) is 4.64. The summed E-state index contributed by atoms with van der Waals surface area (Å²) < 4.78 is 13.0. The number of amides is 2. The van der Waals surface area contributed by atoms with E-state index in [2.05, 4.69) is 5.32 Å². The number of aliphatic hydroxyl groups excluding tert-OH is 1. The molecule has 0 radical (unpaired) electrons. The lowest BCUT2D eigenvalue weighted by atomic mass is 10.2. The van der Waals surface area contributed by atoms with E-state index >= 15 is 0 Å². The largest absolute Gasteiger partial charge is 0.480 e. The molecule has 0 bridgehead atoms. The van der Waals surface area contributed by atoms with Crippen LogP contribution in [-0.4, -0.2) is 45.8 Å². The minimum Gasteiger partial charge on any atom is -0.480 e. The summed E-state index contributed by atoms with van der Waals surface area (Å²) in [6, 6.07) is 2.39. The number of nitrogens with zero attached hydrogens (tertiary/aromatic N) is 1. The molecule has 1 unspecified atom stereocenters. The first-order valence-corrected chi connectivity index (χ1v) is 6.65. The molecule has 0 saturated carbocycles. The van der Waals surface area contributed by atoms with E-state index in [-0.39, 0.29) is 24.5 Å². The van der Waals surface area contributed by atoms with Crippen molar-refractivity contribution in [3.8, 4) is 0 Å². The first-order valence-electron chi connectivity index (χ1n) is 6.27. The number of aliphatic carboxylic acids is 1. The highest BCUT2D eigenvalue weighted by Crippen LogP contribution is 2.19. The molecule has 1 aliphatic rings. The third kappa shape index (κ3) is 3.62. The second-order valence-electron chi connectivity index (χ2n) is 4.80. The summed E-state index contributed by atoms with van der Waals surface area (Å²) in [5.41, 5.74) is 0.585. The predicted molar refractivity (Wildman–Crippen MR) is 72.4 cm³/mol. The highest BCUT2D eigenvalue weighted by Gasteiger charge is 2.38. The van der Waals surface area contributed by atoms with E-state index in [1.807, 2.05) is 0 Å². The molecule has 0 aliphatic carbocycles. The lowest BCUT2D eigenvalue weighted by molar-refractivity contribution is -0.141. The second-order valence-corrected chi connectivity index (χ2v) is 5.21. The Hall–Kier alpha value is -1.86. The topological polar surface area (TPSA) is 89.9 Å². The van der Waals surface area contributed by atoms with E-state index in [4.69, 9.17) is 16.7 Å². The molecule has 3 N–H and O–H groups in total. The Morgan fingerprint density at radius 2 is 2.19 bits per heavy atom. The van der Waals surface area contributed by atoms with Crippen LogP contribution in [0.25, 0.3) is 0 Å². The van der Waals surface area contributed by atoms with Gasteiger partial charge in [0.25, 0.3) is 0 Å². The lowest BCUT2D eigenvalue weighted by Crippen LogP contribution is -2.45. The van der Waals surface area contributed by atoms with Gasteiger partial charge in [0.2, 0.25) is 0 Å². The SMILES string of the molecule is O=C(O)[C@@H]1CC(O)CN1C(=O)NCc1ccc(F)c(Cl)c1. The zero-order valence-electron chi connectivity index (χ0n) is 10.9. The summed E-state index contributed by atoms with van der Waals surface area (Å²) in [7, 11) is 0. The summed E-state index contributed by atoms with van der Waals surface area (Å²) in [4.78, 5) is 24.1. The van der Waals surface area contributed by atoms with Gasteiger partial charge in [0, 0.05) is 19.5 Å². The third-order valence-electron chi connectivity index (χ3n) is 3.25. The van der Waals surface area contributed by atoms with Gasteiger partial charge in [-0.3, -0.25) is 0 Å². The molecule has 1 saturated heterocycles. The molecule has 114 valence electrons. The number of likely N-dealkylation sites (tertiary alicyclic amines) is 1. The Labute approximate surface area is 125 Å². The van der Waals surface area contributed by atoms with E-state index in [0.717, 1.165) is 4.90 Å². The molecule has 1 heterocycles. The number of nitrogens with one attached hydrogen (secondary N) is 1. The normalized spacial score (nSPS) is 21.4. The fourth-order valence-electron chi connectivity index (χ4n) is 2.20. The van der Waals surface area contributed by atoms with Gasteiger partial charge in [-0.1, -0.05) is 17.7 Å². The molecule has 0 spiro atoms. The molecule has 1 aromatic rings. The van der Waals surface area contributed by atoms with Crippen molar-refractivity contribution in [1.82, 2.24) is 10.2 Å². The maximum atomic E-state index is 13.0. The number of hydrogen-bond donors (Lipinski definition) is 3. The number of carbonyl (C=O) groups excluding carboxylic acids is 1. The molecule has 0 aromatic heterocycles. The number of β-amino-alcohol motifs (C(OH)–C–C–N with tert-alkyl or cyclic N) is 1. The summed E-state index contributed by atoms with van der Waals surface area (Å²) in [6.45, 7) is 0.0464. The molecule has 1 fully saturated rings. The highest BCUT2D eigenvalue weighted by molar-refractivity contribution is 6.30. The molecule has 8 heteroatoms. The van der Waals surface area contributed by atoms with Gasteiger partial charge < -0.3 is 20.4 Å². The minimum absolute atomic E-state index is 0.00509. The van der Waals surface area contributed by atoms with E-state index in [1.54, 1.807) is 0 Å². The average molecular weight is 317 g/mol. The fraction of sp³-hybridized carbons (Fsp3) is 0.385. The standard InChI is InChI=1S/C13H14ClFN2O4/c14-9-3-7(1-2-10(9)15)5-16-13(21)17-6-8(18)4-11(17)12(19)20/h1-3,8,11,18H,4-6H2,(H,16,21)(H,19,20)/t8?,11-/m0/s1. The number of urea groups is 1. The van der Waals surface area contributed by atoms with Crippen LogP contribution in [0.4, 0.5) is 9.18 Å². The quantitative estimate of drug-likeness (QED) is 0.782. The van der Waals surface area contributed by atoms with Gasteiger partial charge >= 0.3 is 12.0 Å². The number of hydrogen-bond acceptors (Lipinski definition) is 3. The van der Waals surface area contributed by atoms with E-state index in [0.29, 0.717) is 5.56 Å². The Bertz CT molecular complexity index is 569. The van der Waals surface area contributed by atoms with Gasteiger partial charge in [0.1, 0.15) is 11.9 Å².